The fourth-order valence-corrected chi connectivity index (χ4v) is 1.27. The summed E-state index contributed by atoms with van der Waals surface area (Å²) in [5, 5.41) is 14.2. The van der Waals surface area contributed by atoms with E-state index in [1.807, 2.05) is 13.8 Å². The van der Waals surface area contributed by atoms with Gasteiger partial charge in [-0.1, -0.05) is 26.0 Å². The summed E-state index contributed by atoms with van der Waals surface area (Å²) in [4.78, 5) is 11.3. The second kappa shape index (κ2) is 10.9. The summed E-state index contributed by atoms with van der Waals surface area (Å²) in [5.74, 6) is 0.533. The number of hydrogen-bond acceptors (Lipinski definition) is 2. The second-order valence-corrected chi connectivity index (χ2v) is 3.66. The summed E-state index contributed by atoms with van der Waals surface area (Å²) in [6.07, 6.45) is 0.748. The van der Waals surface area contributed by atoms with E-state index in [4.69, 9.17) is 16.7 Å². The first-order valence-electron chi connectivity index (χ1n) is 6.07. The minimum absolute atomic E-state index is 0.00218. The summed E-state index contributed by atoms with van der Waals surface area (Å²) < 4.78 is 0. The predicted octanol–water partition coefficient (Wildman–Crippen LogP) is 2.96. The molecule has 1 rings (SSSR count). The Bertz CT molecular complexity index is 328. The van der Waals surface area contributed by atoms with E-state index in [2.05, 4.69) is 10.6 Å². The first kappa shape index (κ1) is 16.7. The van der Waals surface area contributed by atoms with Crippen molar-refractivity contribution in [3.05, 3.63) is 29.8 Å². The third-order valence-electron chi connectivity index (χ3n) is 1.99. The third kappa shape index (κ3) is 7.14. The fraction of sp³-hybridized carbons (Fsp3) is 0.462. The van der Waals surface area contributed by atoms with Crippen LogP contribution in [0.15, 0.2) is 24.3 Å². The van der Waals surface area contributed by atoms with Gasteiger partial charge in [-0.3, -0.25) is 0 Å². The number of halogens is 1. The first-order valence-corrected chi connectivity index (χ1v) is 6.60. The Balaban J connectivity index is 0.00000137. The highest BCUT2D eigenvalue weighted by molar-refractivity contribution is 6.17. The lowest BCUT2D eigenvalue weighted by molar-refractivity contribution is 0.252. The summed E-state index contributed by atoms with van der Waals surface area (Å²) in [7, 11) is 0. The largest absolute Gasteiger partial charge is 0.392 e. The van der Waals surface area contributed by atoms with E-state index in [9.17, 15) is 4.79 Å². The molecule has 0 unspecified atom stereocenters. The maximum absolute atomic E-state index is 11.3. The maximum Gasteiger partial charge on any atom is 0.319 e. The monoisotopic (exact) mass is 272 g/mol. The van der Waals surface area contributed by atoms with E-state index in [-0.39, 0.29) is 12.6 Å². The van der Waals surface area contributed by atoms with Gasteiger partial charge in [0.2, 0.25) is 0 Å². The van der Waals surface area contributed by atoms with Crippen LogP contribution in [0.4, 0.5) is 10.5 Å². The number of urea groups is 1. The van der Waals surface area contributed by atoms with Gasteiger partial charge in [-0.05, 0) is 24.1 Å². The molecule has 0 aliphatic rings. The van der Waals surface area contributed by atoms with E-state index in [0.717, 1.165) is 12.0 Å². The molecule has 0 aliphatic carbocycles. The van der Waals surface area contributed by atoms with Gasteiger partial charge < -0.3 is 15.7 Å². The van der Waals surface area contributed by atoms with Crippen LogP contribution >= 0.6 is 11.6 Å². The Morgan fingerprint density at radius 1 is 1.28 bits per heavy atom. The average molecular weight is 273 g/mol. The molecule has 18 heavy (non-hydrogen) atoms. The van der Waals surface area contributed by atoms with E-state index < -0.39 is 0 Å². The lowest BCUT2D eigenvalue weighted by Crippen LogP contribution is -2.29. The zero-order chi connectivity index (χ0) is 13.8. The number of benzene rings is 1. The topological polar surface area (TPSA) is 61.4 Å². The minimum atomic E-state index is -0.248. The number of alkyl halides is 1. The quantitative estimate of drug-likeness (QED) is 0.570. The Kier molecular flexibility index (Phi) is 10.1. The van der Waals surface area contributed by atoms with Gasteiger partial charge in [-0.2, -0.15) is 0 Å². The van der Waals surface area contributed by atoms with Crippen molar-refractivity contribution in [3.8, 4) is 0 Å². The fourth-order valence-electron chi connectivity index (χ4n) is 1.14. The molecule has 0 heterocycles. The Hall–Kier alpha value is -1.26. The van der Waals surface area contributed by atoms with Crippen molar-refractivity contribution >= 4 is 23.3 Å². The van der Waals surface area contributed by atoms with Crippen molar-refractivity contribution in [1.29, 1.82) is 0 Å². The summed E-state index contributed by atoms with van der Waals surface area (Å²) in [5.41, 5.74) is 1.51. The number of rotatable bonds is 5. The van der Waals surface area contributed by atoms with Gasteiger partial charge in [-0.15, -0.1) is 11.6 Å². The molecule has 0 spiro atoms. The molecule has 1 aromatic rings. The average Bonchev–Trinajstić information content (AvgIpc) is 2.42. The normalized spacial score (nSPS) is 9.11. The number of anilines is 1. The molecule has 0 aliphatic heterocycles. The molecule has 0 fully saturated rings. The van der Waals surface area contributed by atoms with Gasteiger partial charge >= 0.3 is 6.03 Å². The highest BCUT2D eigenvalue weighted by Gasteiger charge is 2.00. The van der Waals surface area contributed by atoms with Crippen LogP contribution in [-0.2, 0) is 6.61 Å². The molecule has 102 valence electrons. The molecule has 5 heteroatoms. The predicted molar refractivity (Wildman–Crippen MR) is 76.1 cm³/mol. The Morgan fingerprint density at radius 3 is 2.39 bits per heavy atom. The van der Waals surface area contributed by atoms with Crippen LogP contribution in [0.3, 0.4) is 0 Å². The van der Waals surface area contributed by atoms with E-state index >= 15 is 0 Å². The Morgan fingerprint density at radius 2 is 1.89 bits per heavy atom. The zero-order valence-corrected chi connectivity index (χ0v) is 11.6. The molecule has 0 bridgehead atoms. The number of carbonyl (C=O) groups is 1. The van der Waals surface area contributed by atoms with Crippen molar-refractivity contribution in [2.45, 2.75) is 26.9 Å². The summed E-state index contributed by atoms with van der Waals surface area (Å²) in [6.45, 7) is 4.56. The van der Waals surface area contributed by atoms with Crippen LogP contribution in [0.1, 0.15) is 25.8 Å². The van der Waals surface area contributed by atoms with E-state index in [1.165, 1.54) is 0 Å². The van der Waals surface area contributed by atoms with Gasteiger partial charge in [0.25, 0.3) is 0 Å². The molecular weight excluding hydrogens is 252 g/mol. The van der Waals surface area contributed by atoms with Gasteiger partial charge in [0, 0.05) is 18.1 Å². The summed E-state index contributed by atoms with van der Waals surface area (Å²) >= 11 is 5.48. The summed E-state index contributed by atoms with van der Waals surface area (Å²) in [6, 6.07) is 6.75. The van der Waals surface area contributed by atoms with Gasteiger partial charge in [0.1, 0.15) is 0 Å². The van der Waals surface area contributed by atoms with Crippen LogP contribution in [-0.4, -0.2) is 23.6 Å². The molecule has 3 N–H and O–H groups in total. The SMILES string of the molecule is CC.O=C(NCCCCl)Nc1ccc(CO)cc1. The van der Waals surface area contributed by atoms with E-state index in [0.29, 0.717) is 18.1 Å². The smallest absolute Gasteiger partial charge is 0.319 e. The highest BCUT2D eigenvalue weighted by atomic mass is 35.5. The standard InChI is InChI=1S/C11H15ClN2O2.C2H6/c12-6-1-7-13-11(16)14-10-4-2-9(8-15)3-5-10;1-2/h2-5,15H,1,6-8H2,(H2,13,14,16);1-2H3. The molecule has 0 saturated heterocycles. The number of aliphatic hydroxyl groups excluding tert-OH is 1. The number of nitrogens with one attached hydrogen (secondary N) is 2. The van der Waals surface area contributed by atoms with Gasteiger partial charge in [-0.25, -0.2) is 4.79 Å². The second-order valence-electron chi connectivity index (χ2n) is 3.28. The number of amides is 2. The number of aliphatic hydroxyl groups is 1. The molecule has 0 radical (unpaired) electrons. The van der Waals surface area contributed by atoms with Crippen LogP contribution in [0.2, 0.25) is 0 Å². The van der Waals surface area contributed by atoms with Gasteiger partial charge in [0.05, 0.1) is 6.61 Å². The van der Waals surface area contributed by atoms with Crippen LogP contribution in [0.5, 0.6) is 0 Å². The van der Waals surface area contributed by atoms with E-state index in [1.54, 1.807) is 24.3 Å². The Labute approximate surface area is 113 Å². The molecule has 4 nitrogen and oxygen atoms in total. The molecule has 0 saturated carbocycles. The molecular formula is C13H21ClN2O2. The molecule has 0 aromatic heterocycles. The van der Waals surface area contributed by atoms with Crippen molar-refractivity contribution in [3.63, 3.8) is 0 Å². The lowest BCUT2D eigenvalue weighted by Gasteiger charge is -2.07. The van der Waals surface area contributed by atoms with Crippen LogP contribution in [0.25, 0.3) is 0 Å². The number of carbonyl (C=O) groups excluding carboxylic acids is 1. The highest BCUT2D eigenvalue weighted by Crippen LogP contribution is 2.08. The minimum Gasteiger partial charge on any atom is -0.392 e. The molecule has 1 aromatic carbocycles. The molecule has 0 atom stereocenters. The maximum atomic E-state index is 11.3. The van der Waals surface area contributed by atoms with Crippen molar-refractivity contribution in [2.24, 2.45) is 0 Å². The number of hydrogen-bond donors (Lipinski definition) is 3. The van der Waals surface area contributed by atoms with Crippen molar-refractivity contribution in [2.75, 3.05) is 17.7 Å². The van der Waals surface area contributed by atoms with Crippen LogP contribution < -0.4 is 10.6 Å². The zero-order valence-electron chi connectivity index (χ0n) is 10.9. The van der Waals surface area contributed by atoms with Gasteiger partial charge in [0.15, 0.2) is 0 Å². The van der Waals surface area contributed by atoms with Crippen molar-refractivity contribution < 1.29 is 9.90 Å². The third-order valence-corrected chi connectivity index (χ3v) is 2.26. The molecule has 2 amide bonds. The van der Waals surface area contributed by atoms with Crippen LogP contribution in [0, 0.1) is 0 Å². The first-order chi connectivity index (χ1) is 8.76. The van der Waals surface area contributed by atoms with Crippen molar-refractivity contribution in [1.82, 2.24) is 5.32 Å². The lowest BCUT2D eigenvalue weighted by atomic mass is 10.2.